The van der Waals surface area contributed by atoms with E-state index < -0.39 is 10.0 Å². The van der Waals surface area contributed by atoms with Gasteiger partial charge in [-0.15, -0.1) is 0 Å². The highest BCUT2D eigenvalue weighted by molar-refractivity contribution is 9.11. The van der Waals surface area contributed by atoms with Crippen LogP contribution in [0.2, 0.25) is 5.02 Å². The first kappa shape index (κ1) is 15.8. The van der Waals surface area contributed by atoms with Crippen molar-refractivity contribution in [3.63, 3.8) is 0 Å². The van der Waals surface area contributed by atoms with Gasteiger partial charge in [0.15, 0.2) is 0 Å². The van der Waals surface area contributed by atoms with E-state index in [-0.39, 0.29) is 10.7 Å². The van der Waals surface area contributed by atoms with Gasteiger partial charge < -0.3 is 0 Å². The Hall–Kier alpha value is -0.630. The highest BCUT2D eigenvalue weighted by atomic mass is 79.9. The minimum Gasteiger partial charge on any atom is -0.263 e. The van der Waals surface area contributed by atoms with Crippen molar-refractivity contribution in [2.45, 2.75) is 11.8 Å². The average molecular weight is 441 g/mol. The Bertz CT molecular complexity index is 749. The fraction of sp³-hybridized carbons (Fsp3) is 0.0833. The summed E-state index contributed by atoms with van der Waals surface area (Å²) in [4.78, 5) is 4.04. The number of anilines is 1. The van der Waals surface area contributed by atoms with Crippen LogP contribution in [-0.2, 0) is 10.0 Å². The zero-order chi connectivity index (χ0) is 14.9. The minimum atomic E-state index is -3.73. The van der Waals surface area contributed by atoms with Gasteiger partial charge in [-0.2, -0.15) is 0 Å². The van der Waals surface area contributed by atoms with E-state index in [0.717, 1.165) is 5.56 Å². The van der Waals surface area contributed by atoms with Gasteiger partial charge in [0.05, 0.1) is 5.02 Å². The third-order valence-corrected chi connectivity index (χ3v) is 5.86. The van der Waals surface area contributed by atoms with E-state index in [1.807, 2.05) is 6.92 Å². The fourth-order valence-corrected chi connectivity index (χ4v) is 4.26. The Morgan fingerprint density at radius 3 is 2.50 bits per heavy atom. The van der Waals surface area contributed by atoms with E-state index in [1.165, 1.54) is 18.3 Å². The number of benzene rings is 1. The van der Waals surface area contributed by atoms with Crippen molar-refractivity contribution in [3.05, 3.63) is 50.0 Å². The summed E-state index contributed by atoms with van der Waals surface area (Å²) in [6.07, 6.45) is 1.37. The SMILES string of the molecule is Cc1cc(Br)c(S(=O)(=O)Nc2ccc(Cl)cn2)cc1Br. The molecule has 0 aliphatic carbocycles. The lowest BCUT2D eigenvalue weighted by atomic mass is 10.2. The second-order valence-electron chi connectivity index (χ2n) is 4.00. The Morgan fingerprint density at radius 1 is 1.20 bits per heavy atom. The first-order valence-corrected chi connectivity index (χ1v) is 8.84. The van der Waals surface area contributed by atoms with Crippen molar-refractivity contribution < 1.29 is 8.42 Å². The van der Waals surface area contributed by atoms with Crippen LogP contribution < -0.4 is 4.72 Å². The predicted molar refractivity (Wildman–Crippen MR) is 86.6 cm³/mol. The lowest BCUT2D eigenvalue weighted by Crippen LogP contribution is -2.14. The van der Waals surface area contributed by atoms with Crippen LogP contribution in [0.25, 0.3) is 0 Å². The molecule has 0 atom stereocenters. The van der Waals surface area contributed by atoms with Crippen LogP contribution >= 0.6 is 43.5 Å². The number of sulfonamides is 1. The molecule has 1 aromatic heterocycles. The Labute approximate surface area is 138 Å². The lowest BCUT2D eigenvalue weighted by Gasteiger charge is -2.10. The van der Waals surface area contributed by atoms with E-state index in [1.54, 1.807) is 12.1 Å². The van der Waals surface area contributed by atoms with Gasteiger partial charge in [-0.3, -0.25) is 4.72 Å². The number of hydrogen-bond acceptors (Lipinski definition) is 3. The van der Waals surface area contributed by atoms with Gasteiger partial charge >= 0.3 is 0 Å². The number of rotatable bonds is 3. The van der Waals surface area contributed by atoms with E-state index in [2.05, 4.69) is 41.6 Å². The Balaban J connectivity index is 2.40. The number of halogens is 3. The summed E-state index contributed by atoms with van der Waals surface area (Å²) in [7, 11) is -3.73. The topological polar surface area (TPSA) is 59.1 Å². The van der Waals surface area contributed by atoms with Crippen LogP contribution in [-0.4, -0.2) is 13.4 Å². The van der Waals surface area contributed by atoms with Crippen LogP contribution in [0.3, 0.4) is 0 Å². The molecule has 0 saturated carbocycles. The van der Waals surface area contributed by atoms with Crippen molar-refractivity contribution in [2.75, 3.05) is 4.72 Å². The fourth-order valence-electron chi connectivity index (χ4n) is 1.46. The van der Waals surface area contributed by atoms with E-state index in [4.69, 9.17) is 11.6 Å². The molecule has 1 N–H and O–H groups in total. The van der Waals surface area contributed by atoms with Crippen LogP contribution in [0.4, 0.5) is 5.82 Å². The molecule has 0 aliphatic heterocycles. The summed E-state index contributed by atoms with van der Waals surface area (Å²) in [5.41, 5.74) is 0.931. The summed E-state index contributed by atoms with van der Waals surface area (Å²) >= 11 is 12.3. The van der Waals surface area contributed by atoms with E-state index in [0.29, 0.717) is 14.0 Å². The molecular formula is C12H9Br2ClN2O2S. The van der Waals surface area contributed by atoms with Crippen molar-refractivity contribution in [1.29, 1.82) is 0 Å². The summed E-state index contributed by atoms with van der Waals surface area (Å²) in [6.45, 7) is 1.87. The summed E-state index contributed by atoms with van der Waals surface area (Å²) < 4.78 is 28.3. The van der Waals surface area contributed by atoms with E-state index in [9.17, 15) is 8.42 Å². The van der Waals surface area contributed by atoms with E-state index >= 15 is 0 Å². The highest BCUT2D eigenvalue weighted by Gasteiger charge is 2.19. The van der Waals surface area contributed by atoms with Crippen molar-refractivity contribution in [3.8, 4) is 0 Å². The summed E-state index contributed by atoms with van der Waals surface area (Å²) in [5.74, 6) is 0.206. The number of nitrogens with zero attached hydrogens (tertiary/aromatic N) is 1. The second kappa shape index (κ2) is 6.01. The molecule has 106 valence electrons. The number of nitrogens with one attached hydrogen (secondary N) is 1. The highest BCUT2D eigenvalue weighted by Crippen LogP contribution is 2.29. The largest absolute Gasteiger partial charge is 0.264 e. The molecular weight excluding hydrogens is 431 g/mol. The number of aromatic nitrogens is 1. The zero-order valence-corrected chi connectivity index (χ0v) is 14.9. The second-order valence-corrected chi connectivity index (χ2v) is 7.79. The predicted octanol–water partition coefficient (Wildman–Crippen LogP) is 4.37. The zero-order valence-electron chi connectivity index (χ0n) is 10.2. The molecule has 8 heteroatoms. The molecule has 1 aromatic carbocycles. The van der Waals surface area contributed by atoms with Crippen LogP contribution in [0, 0.1) is 6.92 Å². The maximum Gasteiger partial charge on any atom is 0.264 e. The Kier molecular flexibility index (Phi) is 4.73. The van der Waals surface area contributed by atoms with Gasteiger partial charge in [0.2, 0.25) is 0 Å². The number of hydrogen-bond donors (Lipinski definition) is 1. The number of pyridine rings is 1. The molecule has 0 spiro atoms. The van der Waals surface area contributed by atoms with Gasteiger partial charge in [0.25, 0.3) is 10.0 Å². The average Bonchev–Trinajstić information content (AvgIpc) is 2.36. The molecule has 20 heavy (non-hydrogen) atoms. The molecule has 2 rings (SSSR count). The van der Waals surface area contributed by atoms with Gasteiger partial charge in [-0.25, -0.2) is 13.4 Å². The summed E-state index contributed by atoms with van der Waals surface area (Å²) in [6, 6.07) is 6.33. The van der Waals surface area contributed by atoms with Gasteiger partial charge in [0, 0.05) is 15.1 Å². The first-order valence-electron chi connectivity index (χ1n) is 5.39. The van der Waals surface area contributed by atoms with Crippen molar-refractivity contribution in [2.24, 2.45) is 0 Å². The van der Waals surface area contributed by atoms with Crippen molar-refractivity contribution in [1.82, 2.24) is 4.98 Å². The van der Waals surface area contributed by atoms with Gasteiger partial charge in [0.1, 0.15) is 10.7 Å². The Morgan fingerprint density at radius 2 is 1.90 bits per heavy atom. The lowest BCUT2D eigenvalue weighted by molar-refractivity contribution is 0.600. The quantitative estimate of drug-likeness (QED) is 0.771. The molecule has 0 fully saturated rings. The molecule has 0 saturated heterocycles. The summed E-state index contributed by atoms with van der Waals surface area (Å²) in [5, 5.41) is 0.437. The normalized spacial score (nSPS) is 11.4. The first-order chi connectivity index (χ1) is 9.29. The standard InChI is InChI=1S/C12H9Br2ClN2O2S/c1-7-4-10(14)11(5-9(7)13)20(18,19)17-12-3-2-8(15)6-16-12/h2-6H,1H3,(H,16,17). The monoisotopic (exact) mass is 438 g/mol. The maximum absolute atomic E-state index is 12.3. The van der Waals surface area contributed by atoms with Gasteiger partial charge in [-0.1, -0.05) is 27.5 Å². The number of aryl methyl sites for hydroxylation is 1. The van der Waals surface area contributed by atoms with Gasteiger partial charge in [-0.05, 0) is 52.7 Å². The molecule has 0 radical (unpaired) electrons. The van der Waals surface area contributed by atoms with Crippen LogP contribution in [0.1, 0.15) is 5.56 Å². The third kappa shape index (κ3) is 3.52. The smallest absolute Gasteiger partial charge is 0.263 e. The third-order valence-electron chi connectivity index (χ3n) is 2.47. The molecule has 1 heterocycles. The molecule has 2 aromatic rings. The van der Waals surface area contributed by atoms with Crippen molar-refractivity contribution >= 4 is 59.3 Å². The van der Waals surface area contributed by atoms with Crippen LogP contribution in [0.5, 0.6) is 0 Å². The molecule has 0 bridgehead atoms. The molecule has 0 amide bonds. The minimum absolute atomic E-state index is 0.131. The molecule has 0 aliphatic rings. The molecule has 4 nitrogen and oxygen atoms in total. The van der Waals surface area contributed by atoms with Crippen LogP contribution in [0.15, 0.2) is 44.3 Å². The maximum atomic E-state index is 12.3. The molecule has 0 unspecified atom stereocenters.